The summed E-state index contributed by atoms with van der Waals surface area (Å²) in [5.74, 6) is -1.70. The highest BCUT2D eigenvalue weighted by Gasteiger charge is 2.34. The van der Waals surface area contributed by atoms with Crippen molar-refractivity contribution in [1.29, 1.82) is 0 Å². The molecule has 15 heavy (non-hydrogen) atoms. The van der Waals surface area contributed by atoms with Crippen LogP contribution in [0.15, 0.2) is 15.7 Å². The van der Waals surface area contributed by atoms with Gasteiger partial charge in [-0.2, -0.15) is 4.57 Å². The number of nitrogens with one attached hydrogen (secondary N) is 1. The van der Waals surface area contributed by atoms with E-state index in [2.05, 4.69) is 0 Å². The second kappa shape index (κ2) is 3.26. The molecule has 0 aliphatic carbocycles. The minimum atomic E-state index is -5.18. The van der Waals surface area contributed by atoms with Crippen LogP contribution in [0.3, 0.4) is 0 Å². The van der Waals surface area contributed by atoms with E-state index in [4.69, 9.17) is 5.11 Å². The highest BCUT2D eigenvalue weighted by atomic mass is 19.4. The Labute approximate surface area is 78.6 Å². The Balaban J connectivity index is 3.56. The molecule has 0 aromatic carbocycles. The zero-order chi connectivity index (χ0) is 11.8. The maximum atomic E-state index is 12.0. The third-order valence-corrected chi connectivity index (χ3v) is 1.42. The van der Waals surface area contributed by atoms with E-state index in [1.807, 2.05) is 0 Å². The molecule has 0 aliphatic rings. The number of alkyl halides is 3. The quantitative estimate of drug-likeness (QED) is 0.685. The number of aromatic carboxylic acids is 1. The summed E-state index contributed by atoms with van der Waals surface area (Å²) in [5.41, 5.74) is -4.48. The fourth-order valence-corrected chi connectivity index (χ4v) is 0.851. The highest BCUT2D eigenvalue weighted by molar-refractivity contribution is 5.84. The van der Waals surface area contributed by atoms with Crippen molar-refractivity contribution >= 4 is 5.97 Å². The van der Waals surface area contributed by atoms with Crippen molar-refractivity contribution in [3.05, 3.63) is 32.6 Å². The van der Waals surface area contributed by atoms with Crippen molar-refractivity contribution in [2.24, 2.45) is 0 Å². The molecule has 0 bridgehead atoms. The molecular weight excluding hydrogens is 221 g/mol. The van der Waals surface area contributed by atoms with Crippen molar-refractivity contribution in [2.45, 2.75) is 6.30 Å². The summed E-state index contributed by atoms with van der Waals surface area (Å²) in [6.45, 7) is 0. The zero-order valence-electron chi connectivity index (χ0n) is 6.83. The number of carboxylic acid groups (broad SMARTS) is 1. The summed E-state index contributed by atoms with van der Waals surface area (Å²) in [6, 6.07) is 0.178. The van der Waals surface area contributed by atoms with Crippen LogP contribution in [0.2, 0.25) is 0 Å². The average Bonchev–Trinajstić information content (AvgIpc) is 1.99. The van der Waals surface area contributed by atoms with Gasteiger partial charge in [-0.25, -0.2) is 9.59 Å². The van der Waals surface area contributed by atoms with Gasteiger partial charge in [0.2, 0.25) is 0 Å². The van der Waals surface area contributed by atoms with E-state index in [9.17, 15) is 27.6 Å². The lowest BCUT2D eigenvalue weighted by Gasteiger charge is -2.07. The largest absolute Gasteiger partial charge is 0.495 e. The number of carbonyl (C=O) groups is 1. The monoisotopic (exact) mass is 224 g/mol. The molecule has 1 aromatic rings. The van der Waals surface area contributed by atoms with Crippen LogP contribution < -0.4 is 11.2 Å². The predicted molar refractivity (Wildman–Crippen MR) is 39.6 cm³/mol. The average molecular weight is 224 g/mol. The van der Waals surface area contributed by atoms with Crippen LogP contribution >= 0.6 is 0 Å². The molecule has 1 rings (SSSR count). The van der Waals surface area contributed by atoms with E-state index < -0.39 is 33.8 Å². The van der Waals surface area contributed by atoms with E-state index >= 15 is 0 Å². The van der Waals surface area contributed by atoms with E-state index in [0.717, 1.165) is 0 Å². The van der Waals surface area contributed by atoms with Gasteiger partial charge in [0.15, 0.2) is 0 Å². The van der Waals surface area contributed by atoms with Gasteiger partial charge in [0.1, 0.15) is 5.69 Å². The number of rotatable bonds is 1. The van der Waals surface area contributed by atoms with Gasteiger partial charge >= 0.3 is 18.0 Å². The fraction of sp³-hybridized carbons (Fsp3) is 0.167. The molecule has 0 saturated heterocycles. The Kier molecular flexibility index (Phi) is 2.39. The number of halogens is 3. The third-order valence-electron chi connectivity index (χ3n) is 1.42. The summed E-state index contributed by atoms with van der Waals surface area (Å²) >= 11 is 0. The summed E-state index contributed by atoms with van der Waals surface area (Å²) in [4.78, 5) is 33.2. The third kappa shape index (κ3) is 2.06. The molecule has 82 valence electrons. The number of hydrogen-bond donors (Lipinski definition) is 2. The number of H-pyrrole nitrogens is 1. The lowest BCUT2D eigenvalue weighted by molar-refractivity contribution is -0.209. The Morgan fingerprint density at radius 3 is 2.27 bits per heavy atom. The van der Waals surface area contributed by atoms with Crippen molar-refractivity contribution in [2.75, 3.05) is 0 Å². The topological polar surface area (TPSA) is 92.2 Å². The molecule has 0 spiro atoms. The first-order chi connectivity index (χ1) is 6.73. The van der Waals surface area contributed by atoms with Crippen LogP contribution in [0.1, 0.15) is 10.5 Å². The van der Waals surface area contributed by atoms with E-state index in [1.165, 1.54) is 4.98 Å². The van der Waals surface area contributed by atoms with Gasteiger partial charge in [0, 0.05) is 6.07 Å². The number of nitrogens with zero attached hydrogens (tertiary/aromatic N) is 1. The van der Waals surface area contributed by atoms with Crippen LogP contribution in [0.5, 0.6) is 0 Å². The van der Waals surface area contributed by atoms with Gasteiger partial charge in [-0.1, -0.05) is 0 Å². The lowest BCUT2D eigenvalue weighted by atomic mass is 10.4. The second-order valence-electron chi connectivity index (χ2n) is 2.43. The molecule has 1 aromatic heterocycles. The van der Waals surface area contributed by atoms with Crippen LogP contribution in [0, 0.1) is 0 Å². The van der Waals surface area contributed by atoms with Gasteiger partial charge in [-0.15, -0.1) is 13.2 Å². The van der Waals surface area contributed by atoms with Gasteiger partial charge in [-0.05, 0) is 0 Å². The Morgan fingerprint density at radius 1 is 1.40 bits per heavy atom. The van der Waals surface area contributed by atoms with Crippen LogP contribution in [-0.4, -0.2) is 20.6 Å². The molecule has 2 N–H and O–H groups in total. The van der Waals surface area contributed by atoms with Crippen LogP contribution in [-0.2, 0) is 6.30 Å². The molecule has 0 unspecified atom stereocenters. The summed E-state index contributed by atoms with van der Waals surface area (Å²) < 4.78 is 35.1. The van der Waals surface area contributed by atoms with Crippen molar-refractivity contribution in [1.82, 2.24) is 9.55 Å². The summed E-state index contributed by atoms with van der Waals surface area (Å²) in [6.07, 6.45) is -5.18. The van der Waals surface area contributed by atoms with E-state index in [-0.39, 0.29) is 6.07 Å². The molecule has 1 heterocycles. The molecule has 0 amide bonds. The number of aromatic amines is 1. The summed E-state index contributed by atoms with van der Waals surface area (Å²) in [5, 5.41) is 8.33. The first-order valence-corrected chi connectivity index (χ1v) is 3.40. The summed E-state index contributed by atoms with van der Waals surface area (Å²) in [7, 11) is 0. The smallest absolute Gasteiger partial charge is 0.477 e. The zero-order valence-corrected chi connectivity index (χ0v) is 6.83. The van der Waals surface area contributed by atoms with Gasteiger partial charge in [0.05, 0.1) is 0 Å². The van der Waals surface area contributed by atoms with Gasteiger partial charge in [-0.3, -0.25) is 4.79 Å². The normalized spacial score (nSPS) is 11.4. The minimum absolute atomic E-state index is 0.178. The molecule has 0 aliphatic heterocycles. The molecule has 0 saturated carbocycles. The number of hydrogen-bond acceptors (Lipinski definition) is 3. The van der Waals surface area contributed by atoms with Crippen molar-refractivity contribution in [3.8, 4) is 0 Å². The number of carboxylic acids is 1. The minimum Gasteiger partial charge on any atom is -0.477 e. The predicted octanol–water partition coefficient (Wildman–Crippen LogP) is -0.289. The molecular formula is C6H3F3N2O4. The Bertz CT molecular complexity index is 481. The van der Waals surface area contributed by atoms with Gasteiger partial charge < -0.3 is 10.1 Å². The van der Waals surface area contributed by atoms with Crippen molar-refractivity contribution in [3.63, 3.8) is 0 Å². The Hall–Kier alpha value is -2.06. The van der Waals surface area contributed by atoms with E-state index in [0.29, 0.717) is 0 Å². The van der Waals surface area contributed by atoms with E-state index in [1.54, 1.807) is 0 Å². The molecule has 0 atom stereocenters. The second-order valence-corrected chi connectivity index (χ2v) is 2.43. The maximum absolute atomic E-state index is 12.0. The van der Waals surface area contributed by atoms with Crippen LogP contribution in [0.4, 0.5) is 13.2 Å². The lowest BCUT2D eigenvalue weighted by Crippen LogP contribution is -2.43. The fourth-order valence-electron chi connectivity index (χ4n) is 0.851. The molecule has 0 radical (unpaired) electrons. The Morgan fingerprint density at radius 2 is 1.93 bits per heavy atom. The SMILES string of the molecule is O=C(O)c1cc(=O)n(C(F)(F)F)c(=O)[nH]1. The first kappa shape index (κ1) is 11.0. The molecule has 0 fully saturated rings. The van der Waals surface area contributed by atoms with Gasteiger partial charge in [0.25, 0.3) is 5.56 Å². The first-order valence-electron chi connectivity index (χ1n) is 3.40. The highest BCUT2D eigenvalue weighted by Crippen LogP contribution is 2.16. The maximum Gasteiger partial charge on any atom is 0.495 e. The van der Waals surface area contributed by atoms with Crippen molar-refractivity contribution < 1.29 is 23.1 Å². The standard InChI is InChI=1S/C6H3F3N2O4/c7-6(8,9)11-3(12)1-2(4(13)14)10-5(11)15/h1H,(H,10,15)(H,13,14). The molecule has 9 heteroatoms. The van der Waals surface area contributed by atoms with Crippen LogP contribution in [0.25, 0.3) is 0 Å². The molecule has 6 nitrogen and oxygen atoms in total. The number of aromatic nitrogens is 2.